The lowest BCUT2D eigenvalue weighted by atomic mass is 9.95. The molecule has 0 bridgehead atoms. The van der Waals surface area contributed by atoms with Gasteiger partial charge in [0.25, 0.3) is 5.56 Å². The molecule has 4 rings (SSSR count). The molecule has 0 spiro atoms. The minimum Gasteiger partial charge on any atom is -0.500 e. The molecule has 3 aromatic rings. The lowest BCUT2D eigenvalue weighted by Gasteiger charge is -2.25. The number of nitro groups is 1. The van der Waals surface area contributed by atoms with Crippen molar-refractivity contribution in [3.05, 3.63) is 88.6 Å². The van der Waals surface area contributed by atoms with Gasteiger partial charge in [-0.25, -0.2) is 9.79 Å². The predicted molar refractivity (Wildman–Crippen MR) is 142 cm³/mol. The molecule has 1 atom stereocenters. The number of hydrogen-bond acceptors (Lipinski definition) is 10. The number of esters is 1. The van der Waals surface area contributed by atoms with E-state index in [1.165, 1.54) is 23.8 Å². The van der Waals surface area contributed by atoms with Crippen molar-refractivity contribution >= 4 is 34.8 Å². The molecule has 38 heavy (non-hydrogen) atoms. The number of phenols is 1. The van der Waals surface area contributed by atoms with Crippen molar-refractivity contribution in [2.24, 2.45) is 4.99 Å². The number of allylic oxidation sites excluding steroid dienone is 1. The monoisotopic (exact) mass is 538 g/mol. The lowest BCUT2D eigenvalue weighted by Crippen LogP contribution is -2.39. The summed E-state index contributed by atoms with van der Waals surface area (Å²) in [5.41, 5.74) is 1.63. The van der Waals surface area contributed by atoms with E-state index < -0.39 is 33.9 Å². The molecule has 0 unspecified atom stereocenters. The van der Waals surface area contributed by atoms with Crippen LogP contribution in [0.4, 0.5) is 11.4 Å². The summed E-state index contributed by atoms with van der Waals surface area (Å²) in [5.74, 6) is -1.27. The minimum atomic E-state index is -0.785. The molecule has 11 nitrogen and oxygen atoms in total. The van der Waals surface area contributed by atoms with Gasteiger partial charge in [0.05, 0.1) is 40.5 Å². The van der Waals surface area contributed by atoms with Crippen LogP contribution in [0.2, 0.25) is 0 Å². The lowest BCUT2D eigenvalue weighted by molar-refractivity contribution is -0.386. The number of phenolic OH excluding ortho intramolecular Hbond substituents is 1. The summed E-state index contributed by atoms with van der Waals surface area (Å²) in [6.07, 6.45) is 1.47. The summed E-state index contributed by atoms with van der Waals surface area (Å²) in [6, 6.07) is 9.26. The highest BCUT2D eigenvalue weighted by molar-refractivity contribution is 7.07. The second-order valence-electron chi connectivity index (χ2n) is 8.64. The van der Waals surface area contributed by atoms with E-state index in [9.17, 15) is 24.8 Å². The van der Waals surface area contributed by atoms with Crippen LogP contribution >= 0.6 is 11.3 Å². The van der Waals surface area contributed by atoms with Crippen LogP contribution in [-0.2, 0) is 9.53 Å². The van der Waals surface area contributed by atoms with E-state index in [-0.39, 0.29) is 28.0 Å². The zero-order valence-electron chi connectivity index (χ0n) is 21.4. The van der Waals surface area contributed by atoms with Gasteiger partial charge in [-0.15, -0.1) is 0 Å². The van der Waals surface area contributed by atoms with Crippen LogP contribution in [0.1, 0.15) is 31.0 Å². The number of carbonyl (C=O) groups is 1. The van der Waals surface area contributed by atoms with Crippen LogP contribution in [-0.4, -0.2) is 48.4 Å². The maximum atomic E-state index is 13.7. The van der Waals surface area contributed by atoms with E-state index >= 15 is 0 Å². The molecule has 0 amide bonds. The minimum absolute atomic E-state index is 0.0995. The van der Waals surface area contributed by atoms with E-state index in [1.54, 1.807) is 13.8 Å². The van der Waals surface area contributed by atoms with E-state index in [4.69, 9.17) is 9.47 Å². The van der Waals surface area contributed by atoms with Crippen molar-refractivity contribution in [1.82, 2.24) is 4.57 Å². The van der Waals surface area contributed by atoms with Crippen LogP contribution in [0.5, 0.6) is 11.5 Å². The van der Waals surface area contributed by atoms with Gasteiger partial charge in [-0.3, -0.25) is 19.5 Å². The Morgan fingerprint density at radius 1 is 1.29 bits per heavy atom. The third-order valence-electron chi connectivity index (χ3n) is 6.03. The first-order valence-electron chi connectivity index (χ1n) is 11.6. The van der Waals surface area contributed by atoms with Gasteiger partial charge in [-0.05, 0) is 49.2 Å². The normalized spacial score (nSPS) is 15.1. The summed E-state index contributed by atoms with van der Waals surface area (Å²) in [5, 5.41) is 21.5. The van der Waals surface area contributed by atoms with Gasteiger partial charge in [0.15, 0.2) is 10.6 Å². The van der Waals surface area contributed by atoms with Crippen molar-refractivity contribution < 1.29 is 24.3 Å². The molecule has 0 saturated heterocycles. The Bertz CT molecular complexity index is 1640. The van der Waals surface area contributed by atoms with Crippen molar-refractivity contribution in [2.45, 2.75) is 19.9 Å². The number of fused-ring (bicyclic) bond motifs is 1. The smallest absolute Gasteiger partial charge is 0.338 e. The predicted octanol–water partition coefficient (Wildman–Crippen LogP) is 2.49. The fourth-order valence-electron chi connectivity index (χ4n) is 4.21. The zero-order chi connectivity index (χ0) is 27.7. The number of ether oxygens (including phenoxy) is 2. The second kappa shape index (κ2) is 10.5. The van der Waals surface area contributed by atoms with Crippen LogP contribution in [0.25, 0.3) is 6.08 Å². The number of methoxy groups -OCH3 is 1. The number of anilines is 1. The molecular formula is C26H26N4O7S. The molecule has 12 heteroatoms. The Kier molecular flexibility index (Phi) is 7.35. The summed E-state index contributed by atoms with van der Waals surface area (Å²) >= 11 is 1.09. The molecule has 1 aromatic heterocycles. The van der Waals surface area contributed by atoms with E-state index in [2.05, 4.69) is 4.99 Å². The quantitative estimate of drug-likeness (QED) is 0.275. The van der Waals surface area contributed by atoms with Crippen LogP contribution in [0.15, 0.2) is 57.5 Å². The first-order valence-corrected chi connectivity index (χ1v) is 12.4. The maximum absolute atomic E-state index is 13.7. The fourth-order valence-corrected chi connectivity index (χ4v) is 5.25. The molecule has 1 N–H and O–H groups in total. The number of rotatable bonds is 7. The van der Waals surface area contributed by atoms with Gasteiger partial charge in [0, 0.05) is 25.8 Å². The first-order chi connectivity index (χ1) is 18.1. The van der Waals surface area contributed by atoms with Gasteiger partial charge in [0.2, 0.25) is 5.75 Å². The number of nitrogens with zero attached hydrogens (tertiary/aromatic N) is 4. The van der Waals surface area contributed by atoms with E-state index in [1.807, 2.05) is 43.3 Å². The molecular weight excluding hydrogens is 512 g/mol. The van der Waals surface area contributed by atoms with Crippen molar-refractivity contribution in [1.29, 1.82) is 0 Å². The molecule has 0 aliphatic carbocycles. The second-order valence-corrected chi connectivity index (χ2v) is 9.65. The Labute approximate surface area is 221 Å². The molecule has 198 valence electrons. The van der Waals surface area contributed by atoms with Gasteiger partial charge >= 0.3 is 11.7 Å². The average molecular weight is 539 g/mol. The van der Waals surface area contributed by atoms with E-state index in [0.29, 0.717) is 16.1 Å². The number of aromatic nitrogens is 1. The van der Waals surface area contributed by atoms with Gasteiger partial charge in [0.1, 0.15) is 0 Å². The molecule has 2 aromatic carbocycles. The summed E-state index contributed by atoms with van der Waals surface area (Å²) in [4.78, 5) is 44.3. The fraction of sp³-hybridized carbons (Fsp3) is 0.269. The Balaban J connectivity index is 1.95. The number of carbonyl (C=O) groups excluding carboxylic acids is 1. The van der Waals surface area contributed by atoms with Crippen molar-refractivity contribution in [3.63, 3.8) is 0 Å². The third-order valence-corrected chi connectivity index (χ3v) is 7.02. The number of hydrogen-bond donors (Lipinski definition) is 1. The Morgan fingerprint density at radius 2 is 1.97 bits per heavy atom. The number of aromatic hydroxyl groups is 1. The van der Waals surface area contributed by atoms with Crippen molar-refractivity contribution in [2.75, 3.05) is 32.7 Å². The van der Waals surface area contributed by atoms with Crippen LogP contribution in [0.3, 0.4) is 0 Å². The van der Waals surface area contributed by atoms with Gasteiger partial charge in [-0.2, -0.15) is 0 Å². The molecule has 1 aliphatic rings. The summed E-state index contributed by atoms with van der Waals surface area (Å²) in [6.45, 7) is 3.56. The highest BCUT2D eigenvalue weighted by Crippen LogP contribution is 2.37. The summed E-state index contributed by atoms with van der Waals surface area (Å²) < 4.78 is 12.1. The highest BCUT2D eigenvalue weighted by atomic mass is 32.1. The molecule has 1 aliphatic heterocycles. The van der Waals surface area contributed by atoms with Gasteiger partial charge < -0.3 is 19.5 Å². The molecule has 2 heterocycles. The number of thiazole rings is 1. The Morgan fingerprint density at radius 3 is 2.55 bits per heavy atom. The molecule has 0 radical (unpaired) electrons. The van der Waals surface area contributed by atoms with E-state index in [0.717, 1.165) is 23.1 Å². The number of nitro benzene ring substituents is 1. The van der Waals surface area contributed by atoms with Gasteiger partial charge in [-0.1, -0.05) is 23.5 Å². The van der Waals surface area contributed by atoms with Crippen LogP contribution in [0, 0.1) is 10.1 Å². The summed E-state index contributed by atoms with van der Waals surface area (Å²) in [7, 11) is 5.10. The van der Waals surface area contributed by atoms with Crippen molar-refractivity contribution in [3.8, 4) is 11.5 Å². The molecule has 0 fully saturated rings. The third kappa shape index (κ3) is 4.77. The standard InChI is InChI=1S/C26H26N4O7S/c1-6-37-25(33)21-14(2)27-26-29(22(21)16-7-9-17(10-8-16)28(3)4)24(32)20(38-26)13-15-11-18(30(34)35)23(31)19(12-15)36-5/h7-13,22,31H,6H2,1-5H3/b20-13-/t22-/m0/s1. The largest absolute Gasteiger partial charge is 0.500 e. The zero-order valence-corrected chi connectivity index (χ0v) is 22.2. The first kappa shape index (κ1) is 26.6. The maximum Gasteiger partial charge on any atom is 0.338 e. The highest BCUT2D eigenvalue weighted by Gasteiger charge is 2.33. The van der Waals surface area contributed by atoms with Crippen LogP contribution < -0.4 is 24.5 Å². The SMILES string of the molecule is CCOC(=O)C1=C(C)N=c2s/c(=C\c3cc(OC)c(O)c([N+](=O)[O-])c3)c(=O)n2[C@H]1c1ccc(N(C)C)cc1. The number of benzene rings is 2. The topological polar surface area (TPSA) is 137 Å². The average Bonchev–Trinajstić information content (AvgIpc) is 3.18. The Hall–Kier alpha value is -4.45. The molecule has 0 saturated carbocycles.